The fraction of sp³-hybridized carbons (Fsp3) is 0.385. The normalized spacial score (nSPS) is 23.1. The van der Waals surface area contributed by atoms with Crippen molar-refractivity contribution in [3.05, 3.63) is 98.9 Å². The van der Waals surface area contributed by atoms with E-state index in [2.05, 4.69) is 25.3 Å². The van der Waals surface area contributed by atoms with Gasteiger partial charge in [-0.05, 0) is 91.8 Å². The molecule has 5 aliphatic rings. The number of hydrogen-bond acceptors (Lipinski definition) is 8. The fourth-order valence-corrected chi connectivity index (χ4v) is 8.30. The molecule has 2 N–H and O–H groups in total. The molecule has 8 rings (SSSR count). The van der Waals surface area contributed by atoms with E-state index in [-0.39, 0.29) is 30.9 Å². The number of benzene rings is 3. The third-order valence-electron chi connectivity index (χ3n) is 10.9. The minimum absolute atomic E-state index is 0.0421. The first-order valence-electron chi connectivity index (χ1n) is 17.7. The van der Waals surface area contributed by atoms with Crippen molar-refractivity contribution in [2.24, 2.45) is 5.92 Å². The number of halogens is 1. The van der Waals surface area contributed by atoms with Crippen molar-refractivity contribution in [1.82, 2.24) is 20.4 Å². The quantitative estimate of drug-likeness (QED) is 0.249. The first-order valence-corrected chi connectivity index (χ1v) is 18.1. The van der Waals surface area contributed by atoms with Crippen LogP contribution in [0.15, 0.2) is 54.6 Å². The van der Waals surface area contributed by atoms with E-state index in [0.29, 0.717) is 52.2 Å². The van der Waals surface area contributed by atoms with Crippen LogP contribution in [0.4, 0.5) is 11.4 Å². The number of nitrogens with one attached hydrogen (secondary N) is 2. The third kappa shape index (κ3) is 6.50. The Kier molecular flexibility index (Phi) is 8.93. The highest BCUT2D eigenvalue weighted by Gasteiger charge is 2.45. The molecule has 1 saturated carbocycles. The molecule has 3 fully saturated rings. The summed E-state index contributed by atoms with van der Waals surface area (Å²) in [5, 5.41) is 5.80. The van der Waals surface area contributed by atoms with Gasteiger partial charge >= 0.3 is 0 Å². The number of anilines is 1. The van der Waals surface area contributed by atoms with Gasteiger partial charge in [-0.25, -0.2) is 4.85 Å². The average Bonchev–Trinajstić information content (AvgIpc) is 3.62. The third-order valence-corrected chi connectivity index (χ3v) is 11.2. The number of ether oxygens (including phenoxy) is 1. The summed E-state index contributed by atoms with van der Waals surface area (Å²) in [6, 6.07) is 15.6. The number of carbonyl (C=O) groups is 5. The Morgan fingerprint density at radius 3 is 2.19 bits per heavy atom. The van der Waals surface area contributed by atoms with Crippen LogP contribution in [0, 0.1) is 12.5 Å². The lowest BCUT2D eigenvalue weighted by Crippen LogP contribution is -2.54. The molecule has 0 aromatic heterocycles. The Labute approximate surface area is 305 Å². The van der Waals surface area contributed by atoms with Gasteiger partial charge in [-0.15, -0.1) is 0 Å². The van der Waals surface area contributed by atoms with E-state index in [9.17, 15) is 24.0 Å². The highest BCUT2D eigenvalue weighted by Crippen LogP contribution is 2.35. The number of nitrogens with zero attached hydrogens (tertiary/aromatic N) is 4. The van der Waals surface area contributed by atoms with Crippen molar-refractivity contribution in [1.29, 1.82) is 0 Å². The Morgan fingerprint density at radius 1 is 0.904 bits per heavy atom. The Bertz CT molecular complexity index is 1990. The van der Waals surface area contributed by atoms with E-state index in [4.69, 9.17) is 22.9 Å². The number of rotatable bonds is 8. The van der Waals surface area contributed by atoms with E-state index in [0.717, 1.165) is 67.0 Å². The van der Waals surface area contributed by atoms with Crippen LogP contribution in [-0.4, -0.2) is 77.2 Å². The lowest BCUT2D eigenvalue weighted by Gasteiger charge is -2.42. The topological polar surface area (TPSA) is 133 Å². The SMILES string of the molecule is [C-]#[N+]c1ccc(OC2CCC(NC(=O)c3ccc(N4CC(CN5Cc6cc7c(cc6C5)C(=O)N(C5CCC(=O)NC5=O)C7=O)C4)cc3)CC2)cc1Cl. The second kappa shape index (κ2) is 13.7. The molecule has 3 aromatic carbocycles. The summed E-state index contributed by atoms with van der Waals surface area (Å²) in [6.07, 6.45) is 3.55. The molecule has 4 aliphatic heterocycles. The Balaban J connectivity index is 0.782. The highest BCUT2D eigenvalue weighted by molar-refractivity contribution is 6.33. The molecule has 5 amide bonds. The van der Waals surface area contributed by atoms with Gasteiger partial charge in [-0.3, -0.25) is 39.1 Å². The van der Waals surface area contributed by atoms with Crippen molar-refractivity contribution < 1.29 is 28.7 Å². The first-order chi connectivity index (χ1) is 25.1. The summed E-state index contributed by atoms with van der Waals surface area (Å²) in [7, 11) is 0. The Hall–Kier alpha value is -5.25. The van der Waals surface area contributed by atoms with Crippen molar-refractivity contribution in [3.63, 3.8) is 0 Å². The van der Waals surface area contributed by atoms with Gasteiger partial charge in [0.15, 0.2) is 0 Å². The number of imide groups is 2. The summed E-state index contributed by atoms with van der Waals surface area (Å²) in [6.45, 7) is 11.2. The molecule has 266 valence electrons. The van der Waals surface area contributed by atoms with Gasteiger partial charge < -0.3 is 15.0 Å². The zero-order valence-electron chi connectivity index (χ0n) is 28.4. The summed E-state index contributed by atoms with van der Waals surface area (Å²) in [4.78, 5) is 72.5. The predicted molar refractivity (Wildman–Crippen MR) is 191 cm³/mol. The number of hydrogen-bond donors (Lipinski definition) is 2. The molecular formula is C39H37ClN6O6. The van der Waals surface area contributed by atoms with Crippen molar-refractivity contribution in [2.45, 2.75) is 69.8 Å². The van der Waals surface area contributed by atoms with E-state index in [1.165, 1.54) is 0 Å². The number of fused-ring (bicyclic) bond motifs is 2. The predicted octanol–water partition coefficient (Wildman–Crippen LogP) is 4.86. The fourth-order valence-electron chi connectivity index (χ4n) is 8.09. The van der Waals surface area contributed by atoms with Crippen LogP contribution in [0.3, 0.4) is 0 Å². The maximum Gasteiger partial charge on any atom is 0.262 e. The molecule has 0 bridgehead atoms. The molecule has 2 saturated heterocycles. The summed E-state index contributed by atoms with van der Waals surface area (Å²) >= 11 is 6.15. The zero-order chi connectivity index (χ0) is 36.1. The molecule has 4 heterocycles. The van der Waals surface area contributed by atoms with Crippen LogP contribution in [-0.2, 0) is 22.7 Å². The summed E-state index contributed by atoms with van der Waals surface area (Å²) in [5.74, 6) is -0.910. The highest BCUT2D eigenvalue weighted by atomic mass is 35.5. The maximum absolute atomic E-state index is 13.2. The smallest absolute Gasteiger partial charge is 0.262 e. The van der Waals surface area contributed by atoms with Gasteiger partial charge in [0, 0.05) is 62.4 Å². The van der Waals surface area contributed by atoms with Crippen molar-refractivity contribution in [3.8, 4) is 5.75 Å². The van der Waals surface area contributed by atoms with Gasteiger partial charge in [0.05, 0.1) is 28.8 Å². The molecule has 1 atom stereocenters. The van der Waals surface area contributed by atoms with Gasteiger partial charge in [-0.1, -0.05) is 17.7 Å². The molecule has 3 aromatic rings. The van der Waals surface area contributed by atoms with Crippen LogP contribution in [0.2, 0.25) is 5.02 Å². The molecule has 13 heteroatoms. The summed E-state index contributed by atoms with van der Waals surface area (Å²) < 4.78 is 6.08. The first kappa shape index (κ1) is 33.9. The number of carbonyl (C=O) groups excluding carboxylic acids is 5. The molecule has 1 unspecified atom stereocenters. The second-order valence-corrected chi connectivity index (χ2v) is 14.8. The van der Waals surface area contributed by atoms with E-state index in [1.54, 1.807) is 30.3 Å². The molecular weight excluding hydrogens is 684 g/mol. The van der Waals surface area contributed by atoms with Gasteiger partial charge in [0.2, 0.25) is 17.5 Å². The van der Waals surface area contributed by atoms with Gasteiger partial charge in [0.25, 0.3) is 17.7 Å². The van der Waals surface area contributed by atoms with Crippen molar-refractivity contribution >= 4 is 52.5 Å². The Morgan fingerprint density at radius 2 is 1.58 bits per heavy atom. The second-order valence-electron chi connectivity index (χ2n) is 14.4. The largest absolute Gasteiger partial charge is 0.490 e. The van der Waals surface area contributed by atoms with E-state index >= 15 is 0 Å². The minimum atomic E-state index is -0.965. The van der Waals surface area contributed by atoms with Crippen LogP contribution in [0.5, 0.6) is 5.75 Å². The lowest BCUT2D eigenvalue weighted by atomic mass is 9.92. The number of piperidine rings is 1. The zero-order valence-corrected chi connectivity index (χ0v) is 29.2. The molecule has 52 heavy (non-hydrogen) atoms. The van der Waals surface area contributed by atoms with Gasteiger partial charge in [-0.2, -0.15) is 0 Å². The van der Waals surface area contributed by atoms with E-state index < -0.39 is 29.7 Å². The van der Waals surface area contributed by atoms with Crippen LogP contribution < -0.4 is 20.3 Å². The van der Waals surface area contributed by atoms with E-state index in [1.807, 2.05) is 24.3 Å². The lowest BCUT2D eigenvalue weighted by molar-refractivity contribution is -0.136. The summed E-state index contributed by atoms with van der Waals surface area (Å²) in [5.41, 5.74) is 4.81. The molecule has 12 nitrogen and oxygen atoms in total. The minimum Gasteiger partial charge on any atom is -0.490 e. The van der Waals surface area contributed by atoms with Crippen LogP contribution in [0.1, 0.15) is 80.7 Å². The molecule has 0 radical (unpaired) electrons. The molecule has 0 spiro atoms. The van der Waals surface area contributed by atoms with Crippen LogP contribution in [0.25, 0.3) is 4.85 Å². The van der Waals surface area contributed by atoms with Crippen LogP contribution >= 0.6 is 11.6 Å². The van der Waals surface area contributed by atoms with Gasteiger partial charge in [0.1, 0.15) is 11.8 Å². The maximum atomic E-state index is 13.2. The standard InChI is InChI=1S/C39H37ClN6O6/c1-41-33-11-10-29(16-32(33)40)52-28-8-4-26(5-9-28)42-36(48)23-2-6-27(7-3-23)45-18-22(19-45)17-44-20-24-14-30-31(15-25(24)21-44)39(51)46(38(30)50)34-12-13-35(47)43-37(34)49/h2-3,6-7,10-11,14-16,22,26,28,34H,4-5,8-9,12-13,17-21H2,(H,42,48)(H,43,47,49). The molecule has 1 aliphatic carbocycles. The number of amides is 5. The average molecular weight is 721 g/mol. The monoisotopic (exact) mass is 720 g/mol. The van der Waals surface area contributed by atoms with Crippen molar-refractivity contribution in [2.75, 3.05) is 24.5 Å².